The minimum Gasteiger partial charge on any atom is -0.497 e. The summed E-state index contributed by atoms with van der Waals surface area (Å²) in [6.07, 6.45) is -0.485. The van der Waals surface area contributed by atoms with Crippen LogP contribution in [-0.2, 0) is 16.0 Å². The summed E-state index contributed by atoms with van der Waals surface area (Å²) < 4.78 is 17.2. The maximum atomic E-state index is 12.5. The molecule has 0 radical (unpaired) electrons. The molecule has 1 heterocycles. The standard InChI is InChI=1S/C23H25ClN2O5/c1-23(2,3)31-22(28)25-13-14-6-8-15(9-7-14)26-18-11-10-16(29-4)12-17(18)19(24)20(26)21(27)30-5/h6-12H,13H2,1-5H3,(H,25,28). The number of aromatic nitrogens is 1. The van der Waals surface area contributed by atoms with Crippen LogP contribution in [0.3, 0.4) is 0 Å². The maximum Gasteiger partial charge on any atom is 0.407 e. The fraction of sp³-hybridized carbons (Fsp3) is 0.304. The van der Waals surface area contributed by atoms with Gasteiger partial charge in [0.25, 0.3) is 0 Å². The van der Waals surface area contributed by atoms with Crippen LogP contribution in [0, 0.1) is 0 Å². The smallest absolute Gasteiger partial charge is 0.407 e. The van der Waals surface area contributed by atoms with Crippen molar-refractivity contribution in [2.75, 3.05) is 14.2 Å². The summed E-state index contributed by atoms with van der Waals surface area (Å²) in [4.78, 5) is 24.4. The van der Waals surface area contributed by atoms with Crippen molar-refractivity contribution < 1.29 is 23.8 Å². The Labute approximate surface area is 185 Å². The molecule has 0 spiro atoms. The summed E-state index contributed by atoms with van der Waals surface area (Å²) in [5.74, 6) is 0.0855. The minimum atomic E-state index is -0.560. The molecule has 0 saturated carbocycles. The number of benzene rings is 2. The third-order valence-corrected chi connectivity index (χ3v) is 4.90. The molecule has 0 atom stereocenters. The van der Waals surface area contributed by atoms with Gasteiger partial charge in [-0.05, 0) is 56.7 Å². The summed E-state index contributed by atoms with van der Waals surface area (Å²) in [5.41, 5.74) is 2.01. The topological polar surface area (TPSA) is 78.8 Å². The van der Waals surface area contributed by atoms with Gasteiger partial charge >= 0.3 is 12.1 Å². The molecule has 0 unspecified atom stereocenters. The first kappa shape index (κ1) is 22.5. The molecule has 1 amide bonds. The molecule has 0 saturated heterocycles. The Balaban J connectivity index is 1.94. The van der Waals surface area contributed by atoms with E-state index in [1.807, 2.05) is 51.1 Å². The van der Waals surface area contributed by atoms with Crippen molar-refractivity contribution in [1.82, 2.24) is 9.88 Å². The van der Waals surface area contributed by atoms with Crippen LogP contribution in [0.25, 0.3) is 16.6 Å². The molecule has 31 heavy (non-hydrogen) atoms. The van der Waals surface area contributed by atoms with Crippen LogP contribution in [0.1, 0.15) is 36.8 Å². The minimum absolute atomic E-state index is 0.229. The third-order valence-electron chi connectivity index (χ3n) is 4.52. The molecule has 0 aliphatic heterocycles. The van der Waals surface area contributed by atoms with Gasteiger partial charge in [-0.2, -0.15) is 0 Å². The molecule has 0 bridgehead atoms. The Hall–Kier alpha value is -3.19. The summed E-state index contributed by atoms with van der Waals surface area (Å²) in [6, 6.07) is 12.8. The van der Waals surface area contributed by atoms with Gasteiger partial charge in [-0.15, -0.1) is 0 Å². The predicted octanol–water partition coefficient (Wildman–Crippen LogP) is 5.10. The Morgan fingerprint density at radius 1 is 1.06 bits per heavy atom. The van der Waals surface area contributed by atoms with E-state index in [4.69, 9.17) is 25.8 Å². The lowest BCUT2D eigenvalue weighted by Gasteiger charge is -2.19. The zero-order valence-corrected chi connectivity index (χ0v) is 18.9. The number of ether oxygens (including phenoxy) is 3. The van der Waals surface area contributed by atoms with Gasteiger partial charge in [-0.25, -0.2) is 9.59 Å². The lowest BCUT2D eigenvalue weighted by Crippen LogP contribution is -2.32. The van der Waals surface area contributed by atoms with Crippen molar-refractivity contribution in [3.8, 4) is 11.4 Å². The van der Waals surface area contributed by atoms with E-state index < -0.39 is 17.7 Å². The number of fused-ring (bicyclic) bond motifs is 1. The lowest BCUT2D eigenvalue weighted by atomic mass is 10.2. The number of rotatable bonds is 5. The number of amides is 1. The van der Waals surface area contributed by atoms with Crippen LogP contribution in [0.2, 0.25) is 5.02 Å². The fourth-order valence-electron chi connectivity index (χ4n) is 3.16. The van der Waals surface area contributed by atoms with Gasteiger partial charge in [0, 0.05) is 17.6 Å². The highest BCUT2D eigenvalue weighted by molar-refractivity contribution is 6.38. The first-order valence-electron chi connectivity index (χ1n) is 9.67. The van der Waals surface area contributed by atoms with Crippen molar-refractivity contribution in [2.45, 2.75) is 32.9 Å². The number of carbonyl (C=O) groups is 2. The number of alkyl carbamates (subject to hydrolysis) is 1. The number of nitrogens with one attached hydrogen (secondary N) is 1. The average Bonchev–Trinajstić information content (AvgIpc) is 3.02. The second-order valence-corrected chi connectivity index (χ2v) is 8.27. The van der Waals surface area contributed by atoms with Gasteiger partial charge in [-0.1, -0.05) is 23.7 Å². The predicted molar refractivity (Wildman–Crippen MR) is 119 cm³/mol. The summed E-state index contributed by atoms with van der Waals surface area (Å²) >= 11 is 6.54. The summed E-state index contributed by atoms with van der Waals surface area (Å²) in [5, 5.41) is 3.69. The van der Waals surface area contributed by atoms with E-state index in [0.717, 1.165) is 16.8 Å². The second-order valence-electron chi connectivity index (χ2n) is 7.89. The molecule has 3 rings (SSSR count). The molecule has 0 aliphatic carbocycles. The van der Waals surface area contributed by atoms with E-state index in [1.165, 1.54) is 7.11 Å². The van der Waals surface area contributed by atoms with E-state index in [9.17, 15) is 9.59 Å². The molecule has 8 heteroatoms. The van der Waals surface area contributed by atoms with Gasteiger partial charge in [0.05, 0.1) is 24.8 Å². The zero-order valence-electron chi connectivity index (χ0n) is 18.1. The Kier molecular flexibility index (Phi) is 6.45. The number of halogens is 1. The number of hydrogen-bond acceptors (Lipinski definition) is 5. The zero-order chi connectivity index (χ0) is 22.8. The quantitative estimate of drug-likeness (QED) is 0.553. The molecule has 3 aromatic rings. The number of nitrogens with zero attached hydrogens (tertiary/aromatic N) is 1. The van der Waals surface area contributed by atoms with E-state index >= 15 is 0 Å². The highest BCUT2D eigenvalue weighted by Gasteiger charge is 2.24. The van der Waals surface area contributed by atoms with Gasteiger partial charge in [0.1, 0.15) is 11.4 Å². The monoisotopic (exact) mass is 444 g/mol. The van der Waals surface area contributed by atoms with Crippen LogP contribution in [0.4, 0.5) is 4.79 Å². The van der Waals surface area contributed by atoms with Crippen LogP contribution < -0.4 is 10.1 Å². The highest BCUT2D eigenvalue weighted by atomic mass is 35.5. The van der Waals surface area contributed by atoms with E-state index in [0.29, 0.717) is 17.7 Å². The highest BCUT2D eigenvalue weighted by Crippen LogP contribution is 2.36. The first-order valence-corrected chi connectivity index (χ1v) is 10.0. The number of carbonyl (C=O) groups excluding carboxylic acids is 2. The van der Waals surface area contributed by atoms with E-state index in [2.05, 4.69) is 5.32 Å². The van der Waals surface area contributed by atoms with Crippen LogP contribution in [0.5, 0.6) is 5.75 Å². The van der Waals surface area contributed by atoms with Crippen LogP contribution in [-0.4, -0.2) is 36.5 Å². The molecule has 2 aromatic carbocycles. The van der Waals surface area contributed by atoms with Gasteiger partial charge in [0.2, 0.25) is 0 Å². The second kappa shape index (κ2) is 8.89. The number of esters is 1. The Morgan fingerprint density at radius 2 is 1.74 bits per heavy atom. The Morgan fingerprint density at radius 3 is 2.32 bits per heavy atom. The van der Waals surface area contributed by atoms with Crippen LogP contribution in [0.15, 0.2) is 42.5 Å². The van der Waals surface area contributed by atoms with E-state index in [-0.39, 0.29) is 10.7 Å². The maximum absolute atomic E-state index is 12.5. The molecule has 7 nitrogen and oxygen atoms in total. The lowest BCUT2D eigenvalue weighted by molar-refractivity contribution is 0.0522. The average molecular weight is 445 g/mol. The van der Waals surface area contributed by atoms with Crippen molar-refractivity contribution in [3.63, 3.8) is 0 Å². The summed E-state index contributed by atoms with van der Waals surface area (Å²) in [7, 11) is 2.88. The third kappa shape index (κ3) is 4.94. The van der Waals surface area contributed by atoms with Crippen molar-refractivity contribution in [3.05, 3.63) is 58.7 Å². The molecule has 0 aliphatic rings. The first-order chi connectivity index (χ1) is 14.6. The normalized spacial score (nSPS) is 11.3. The Bertz CT molecular complexity index is 1110. The van der Waals surface area contributed by atoms with Gasteiger partial charge in [-0.3, -0.25) is 0 Å². The molecule has 164 valence electrons. The van der Waals surface area contributed by atoms with Crippen molar-refractivity contribution in [2.24, 2.45) is 0 Å². The molecule has 1 aromatic heterocycles. The largest absolute Gasteiger partial charge is 0.497 e. The molecular formula is C23H25ClN2O5. The summed E-state index contributed by atoms with van der Waals surface area (Å²) in [6.45, 7) is 5.73. The van der Waals surface area contributed by atoms with Crippen LogP contribution >= 0.6 is 11.6 Å². The van der Waals surface area contributed by atoms with Gasteiger partial charge in [0.15, 0.2) is 5.69 Å². The number of hydrogen-bond donors (Lipinski definition) is 1. The SMILES string of the molecule is COC(=O)c1c(Cl)c2cc(OC)ccc2n1-c1ccc(CNC(=O)OC(C)(C)C)cc1. The van der Waals surface area contributed by atoms with Gasteiger partial charge < -0.3 is 24.1 Å². The van der Waals surface area contributed by atoms with E-state index in [1.54, 1.807) is 23.8 Å². The van der Waals surface area contributed by atoms with Crippen molar-refractivity contribution >= 4 is 34.6 Å². The molecular weight excluding hydrogens is 420 g/mol. The fourth-order valence-corrected chi connectivity index (χ4v) is 3.47. The molecule has 0 fully saturated rings. The van der Waals surface area contributed by atoms with Crippen molar-refractivity contribution in [1.29, 1.82) is 0 Å². The molecule has 1 N–H and O–H groups in total. The number of methoxy groups -OCH3 is 2.